The van der Waals surface area contributed by atoms with Crippen molar-refractivity contribution in [2.24, 2.45) is 5.92 Å². The van der Waals surface area contributed by atoms with Crippen LogP contribution in [0.2, 0.25) is 0 Å². The van der Waals surface area contributed by atoms with Gasteiger partial charge in [-0.1, -0.05) is 0 Å². The second-order valence-electron chi connectivity index (χ2n) is 3.00. The summed E-state index contributed by atoms with van der Waals surface area (Å²) in [5.41, 5.74) is 0. The molecule has 2 rings (SSSR count). The lowest BCUT2D eigenvalue weighted by Gasteiger charge is -2.17. The molecule has 0 aromatic heterocycles. The fourth-order valence-corrected chi connectivity index (χ4v) is 1.79. The largest absolute Gasteiger partial charge is 0.462 e. The smallest absolute Gasteiger partial charge is 0.306 e. The Morgan fingerprint density at radius 2 is 2.33 bits per heavy atom. The molecule has 50 valence electrons. The summed E-state index contributed by atoms with van der Waals surface area (Å²) in [6.45, 7) is 0. The highest BCUT2D eigenvalue weighted by atomic mass is 16.5. The Bertz CT molecular complexity index is 128. The number of hydrogen-bond donors (Lipinski definition) is 0. The zero-order valence-corrected chi connectivity index (χ0v) is 5.30. The van der Waals surface area contributed by atoms with Crippen LogP contribution in [0.4, 0.5) is 0 Å². The molecular weight excluding hydrogens is 116 g/mol. The van der Waals surface area contributed by atoms with E-state index in [9.17, 15) is 4.79 Å². The quantitative estimate of drug-likeness (QED) is 0.454. The lowest BCUT2D eigenvalue weighted by Crippen LogP contribution is -2.21. The SMILES string of the molecule is O=C1C[C@H]2CC[C@H](C2)O1. The molecule has 0 N–H and O–H groups in total. The molecule has 0 unspecified atom stereocenters. The van der Waals surface area contributed by atoms with Gasteiger partial charge in [-0.3, -0.25) is 4.79 Å². The molecule has 0 aromatic carbocycles. The second kappa shape index (κ2) is 1.72. The first-order valence-electron chi connectivity index (χ1n) is 3.54. The van der Waals surface area contributed by atoms with E-state index in [-0.39, 0.29) is 12.1 Å². The number of carbonyl (C=O) groups excluding carboxylic acids is 1. The topological polar surface area (TPSA) is 26.3 Å². The van der Waals surface area contributed by atoms with Crippen LogP contribution in [0.15, 0.2) is 0 Å². The van der Waals surface area contributed by atoms with E-state index in [4.69, 9.17) is 4.74 Å². The number of hydrogen-bond acceptors (Lipinski definition) is 2. The van der Waals surface area contributed by atoms with Crippen molar-refractivity contribution in [1.82, 2.24) is 0 Å². The number of rotatable bonds is 0. The van der Waals surface area contributed by atoms with Gasteiger partial charge in [0, 0.05) is 6.42 Å². The van der Waals surface area contributed by atoms with E-state index >= 15 is 0 Å². The lowest BCUT2D eigenvalue weighted by atomic mass is 10.0. The fourth-order valence-electron chi connectivity index (χ4n) is 1.79. The summed E-state index contributed by atoms with van der Waals surface area (Å²) in [4.78, 5) is 10.7. The van der Waals surface area contributed by atoms with Crippen molar-refractivity contribution in [3.63, 3.8) is 0 Å². The zero-order valence-electron chi connectivity index (χ0n) is 5.30. The van der Waals surface area contributed by atoms with Crippen molar-refractivity contribution in [3.05, 3.63) is 0 Å². The Hall–Kier alpha value is -0.530. The van der Waals surface area contributed by atoms with E-state index in [0.717, 1.165) is 12.8 Å². The molecule has 0 spiro atoms. The Morgan fingerprint density at radius 3 is 3.11 bits per heavy atom. The van der Waals surface area contributed by atoms with E-state index in [1.54, 1.807) is 0 Å². The summed E-state index contributed by atoms with van der Waals surface area (Å²) in [7, 11) is 0. The van der Waals surface area contributed by atoms with E-state index in [2.05, 4.69) is 0 Å². The highest BCUT2D eigenvalue weighted by Gasteiger charge is 2.34. The summed E-state index contributed by atoms with van der Waals surface area (Å²) in [6, 6.07) is 0. The molecule has 0 amide bonds. The molecule has 1 heterocycles. The van der Waals surface area contributed by atoms with Crippen molar-refractivity contribution in [3.8, 4) is 0 Å². The second-order valence-corrected chi connectivity index (χ2v) is 3.00. The van der Waals surface area contributed by atoms with Gasteiger partial charge in [-0.05, 0) is 25.2 Å². The van der Waals surface area contributed by atoms with Gasteiger partial charge in [0.1, 0.15) is 6.10 Å². The minimum absolute atomic E-state index is 0.0220. The highest BCUT2D eigenvalue weighted by molar-refractivity contribution is 5.70. The summed E-state index contributed by atoms with van der Waals surface area (Å²) < 4.78 is 5.04. The summed E-state index contributed by atoms with van der Waals surface area (Å²) in [5.74, 6) is 0.685. The maximum absolute atomic E-state index is 10.7. The molecule has 9 heavy (non-hydrogen) atoms. The van der Waals surface area contributed by atoms with Gasteiger partial charge in [-0.2, -0.15) is 0 Å². The first kappa shape index (κ1) is 5.27. The van der Waals surface area contributed by atoms with Crippen LogP contribution in [0.25, 0.3) is 0 Å². The Morgan fingerprint density at radius 1 is 1.44 bits per heavy atom. The first-order chi connectivity index (χ1) is 4.34. The van der Waals surface area contributed by atoms with Crippen LogP contribution in [0, 0.1) is 5.92 Å². The number of fused-ring (bicyclic) bond motifs is 2. The predicted octanol–water partition coefficient (Wildman–Crippen LogP) is 1.10. The van der Waals surface area contributed by atoms with Crippen molar-refractivity contribution >= 4 is 5.97 Å². The molecule has 2 aliphatic rings. The Labute approximate surface area is 54.2 Å². The van der Waals surface area contributed by atoms with E-state index in [0.29, 0.717) is 12.3 Å². The minimum Gasteiger partial charge on any atom is -0.462 e. The van der Waals surface area contributed by atoms with Gasteiger partial charge in [0.2, 0.25) is 0 Å². The normalized spacial score (nSPS) is 40.7. The van der Waals surface area contributed by atoms with E-state index < -0.39 is 0 Å². The Balaban J connectivity index is 2.11. The van der Waals surface area contributed by atoms with Crippen molar-refractivity contribution in [2.75, 3.05) is 0 Å². The molecule has 2 nitrogen and oxygen atoms in total. The van der Waals surface area contributed by atoms with Gasteiger partial charge in [0.25, 0.3) is 0 Å². The van der Waals surface area contributed by atoms with Gasteiger partial charge in [0.15, 0.2) is 0 Å². The van der Waals surface area contributed by atoms with Crippen LogP contribution >= 0.6 is 0 Å². The first-order valence-corrected chi connectivity index (χ1v) is 3.54. The average molecular weight is 126 g/mol. The van der Waals surface area contributed by atoms with Crippen LogP contribution in [0.3, 0.4) is 0 Å². The molecule has 1 saturated heterocycles. The third-order valence-electron chi connectivity index (χ3n) is 2.25. The van der Waals surface area contributed by atoms with Crippen molar-refractivity contribution < 1.29 is 9.53 Å². The maximum Gasteiger partial charge on any atom is 0.306 e. The van der Waals surface area contributed by atoms with Gasteiger partial charge in [-0.25, -0.2) is 0 Å². The molecule has 2 bridgehead atoms. The predicted molar refractivity (Wildman–Crippen MR) is 31.8 cm³/mol. The number of esters is 1. The van der Waals surface area contributed by atoms with Crippen molar-refractivity contribution in [1.29, 1.82) is 0 Å². The third kappa shape index (κ3) is 0.824. The van der Waals surface area contributed by atoms with E-state index in [1.807, 2.05) is 0 Å². The minimum atomic E-state index is 0.0220. The maximum atomic E-state index is 10.7. The molecule has 2 heteroatoms. The number of ether oxygens (including phenoxy) is 1. The standard InChI is InChI=1S/C7H10O2/c8-7-4-5-1-2-6(3-5)9-7/h5-6H,1-4H2/t5-,6+/m0/s1. The molecule has 1 aliphatic carbocycles. The highest BCUT2D eigenvalue weighted by Crippen LogP contribution is 2.34. The zero-order chi connectivity index (χ0) is 6.27. The van der Waals surface area contributed by atoms with E-state index in [1.165, 1.54) is 6.42 Å². The Kier molecular flexibility index (Phi) is 1.01. The van der Waals surface area contributed by atoms with Gasteiger partial charge in [-0.15, -0.1) is 0 Å². The molecule has 2 atom stereocenters. The average Bonchev–Trinajstić information content (AvgIpc) is 2.11. The van der Waals surface area contributed by atoms with Gasteiger partial charge in [0.05, 0.1) is 0 Å². The third-order valence-corrected chi connectivity index (χ3v) is 2.25. The molecular formula is C7H10O2. The van der Waals surface area contributed by atoms with Crippen LogP contribution in [-0.4, -0.2) is 12.1 Å². The molecule has 1 aliphatic heterocycles. The number of carbonyl (C=O) groups is 1. The molecule has 1 saturated carbocycles. The van der Waals surface area contributed by atoms with Crippen molar-refractivity contribution in [2.45, 2.75) is 31.8 Å². The lowest BCUT2D eigenvalue weighted by molar-refractivity contribution is -0.152. The summed E-state index contributed by atoms with van der Waals surface area (Å²) in [5, 5.41) is 0. The summed E-state index contributed by atoms with van der Waals surface area (Å²) >= 11 is 0. The van der Waals surface area contributed by atoms with Crippen LogP contribution < -0.4 is 0 Å². The van der Waals surface area contributed by atoms with Crippen LogP contribution in [0.5, 0.6) is 0 Å². The molecule has 0 aromatic rings. The van der Waals surface area contributed by atoms with Gasteiger partial charge < -0.3 is 4.74 Å². The molecule has 2 fully saturated rings. The fraction of sp³-hybridized carbons (Fsp3) is 0.857. The van der Waals surface area contributed by atoms with Gasteiger partial charge >= 0.3 is 5.97 Å². The molecule has 0 radical (unpaired) electrons. The van der Waals surface area contributed by atoms with Crippen LogP contribution in [0.1, 0.15) is 25.7 Å². The summed E-state index contributed by atoms with van der Waals surface area (Å²) in [6.07, 6.45) is 4.41. The van der Waals surface area contributed by atoms with Crippen LogP contribution in [-0.2, 0) is 9.53 Å². The monoisotopic (exact) mass is 126 g/mol.